The van der Waals surface area contributed by atoms with Crippen molar-refractivity contribution in [1.29, 1.82) is 0 Å². The summed E-state index contributed by atoms with van der Waals surface area (Å²) >= 11 is 0. The number of hydrogen-bond donors (Lipinski definition) is 1. The van der Waals surface area contributed by atoms with Crippen LogP contribution in [0, 0.1) is 5.82 Å². The van der Waals surface area contributed by atoms with Gasteiger partial charge in [0, 0.05) is 25.7 Å². The Morgan fingerprint density at radius 3 is 2.64 bits per heavy atom. The summed E-state index contributed by atoms with van der Waals surface area (Å²) in [6.07, 6.45) is 0.896. The molecule has 0 unspecified atom stereocenters. The molecule has 1 saturated heterocycles. The summed E-state index contributed by atoms with van der Waals surface area (Å²) in [6.45, 7) is 2.62. The van der Waals surface area contributed by atoms with E-state index in [9.17, 15) is 9.18 Å². The summed E-state index contributed by atoms with van der Waals surface area (Å²) in [6, 6.07) is 16.4. The number of rotatable bonds is 4. The zero-order valence-corrected chi connectivity index (χ0v) is 12.3. The van der Waals surface area contributed by atoms with Crippen molar-refractivity contribution in [3.05, 3.63) is 71.5 Å². The molecule has 1 aliphatic rings. The number of likely N-dealkylation sites (tertiary alicyclic amines) is 1. The normalized spacial score (nSPS) is 18.3. The molecule has 2 aromatic rings. The minimum Gasteiger partial charge on any atom is -0.348 e. The predicted molar refractivity (Wildman–Crippen MR) is 84.0 cm³/mol. The Balaban J connectivity index is 1.55. The Morgan fingerprint density at radius 2 is 1.86 bits per heavy atom. The first-order valence-corrected chi connectivity index (χ1v) is 7.54. The highest BCUT2D eigenvalue weighted by atomic mass is 19.1. The van der Waals surface area contributed by atoms with Gasteiger partial charge in [0.2, 0.25) is 0 Å². The number of carbonyl (C=O) groups excluding carboxylic acids is 1. The fraction of sp³-hybridized carbons (Fsp3) is 0.278. The van der Waals surface area contributed by atoms with Gasteiger partial charge in [0.05, 0.1) is 5.56 Å². The van der Waals surface area contributed by atoms with Gasteiger partial charge in [0.25, 0.3) is 5.91 Å². The van der Waals surface area contributed by atoms with Crippen molar-refractivity contribution >= 4 is 5.91 Å². The topological polar surface area (TPSA) is 32.3 Å². The van der Waals surface area contributed by atoms with Crippen LogP contribution >= 0.6 is 0 Å². The van der Waals surface area contributed by atoms with Crippen molar-refractivity contribution in [3.63, 3.8) is 0 Å². The molecule has 22 heavy (non-hydrogen) atoms. The largest absolute Gasteiger partial charge is 0.348 e. The van der Waals surface area contributed by atoms with Gasteiger partial charge >= 0.3 is 0 Å². The SMILES string of the molecule is O=C(N[C@H]1CCN(Cc2ccccc2)C1)c1ccccc1F. The third kappa shape index (κ3) is 3.52. The van der Waals surface area contributed by atoms with Crippen LogP contribution in [0.1, 0.15) is 22.3 Å². The summed E-state index contributed by atoms with van der Waals surface area (Å²) in [4.78, 5) is 14.4. The molecule has 0 aliphatic carbocycles. The number of nitrogens with one attached hydrogen (secondary N) is 1. The van der Waals surface area contributed by atoms with E-state index in [-0.39, 0.29) is 17.5 Å². The third-order valence-electron chi connectivity index (χ3n) is 3.98. The highest BCUT2D eigenvalue weighted by Gasteiger charge is 2.24. The summed E-state index contributed by atoms with van der Waals surface area (Å²) in [7, 11) is 0. The molecule has 3 rings (SSSR count). The molecule has 0 saturated carbocycles. The molecule has 1 aliphatic heterocycles. The van der Waals surface area contributed by atoms with Gasteiger partial charge in [0.1, 0.15) is 5.82 Å². The molecule has 1 heterocycles. The van der Waals surface area contributed by atoms with Gasteiger partial charge in [0.15, 0.2) is 0 Å². The van der Waals surface area contributed by atoms with Crippen LogP contribution in [0.5, 0.6) is 0 Å². The molecule has 1 fully saturated rings. The lowest BCUT2D eigenvalue weighted by Crippen LogP contribution is -2.37. The molecule has 2 aromatic carbocycles. The number of halogens is 1. The van der Waals surface area contributed by atoms with Crippen LogP contribution in [-0.4, -0.2) is 29.9 Å². The van der Waals surface area contributed by atoms with Crippen LogP contribution in [0.25, 0.3) is 0 Å². The van der Waals surface area contributed by atoms with E-state index in [1.165, 1.54) is 17.7 Å². The van der Waals surface area contributed by atoms with E-state index < -0.39 is 5.82 Å². The fourth-order valence-corrected chi connectivity index (χ4v) is 2.84. The van der Waals surface area contributed by atoms with Crippen molar-refractivity contribution in [1.82, 2.24) is 10.2 Å². The lowest BCUT2D eigenvalue weighted by molar-refractivity contribution is 0.0933. The van der Waals surface area contributed by atoms with Crippen molar-refractivity contribution in [2.24, 2.45) is 0 Å². The summed E-state index contributed by atoms with van der Waals surface area (Å²) in [5.74, 6) is -0.802. The van der Waals surface area contributed by atoms with Gasteiger partial charge in [-0.05, 0) is 24.1 Å². The number of nitrogens with zero attached hydrogens (tertiary/aromatic N) is 1. The van der Waals surface area contributed by atoms with E-state index in [0.717, 1.165) is 26.1 Å². The van der Waals surface area contributed by atoms with Crippen LogP contribution in [0.4, 0.5) is 4.39 Å². The number of amides is 1. The average Bonchev–Trinajstić information content (AvgIpc) is 2.95. The van der Waals surface area contributed by atoms with Crippen molar-refractivity contribution < 1.29 is 9.18 Å². The molecule has 0 spiro atoms. The van der Waals surface area contributed by atoms with Gasteiger partial charge in [-0.1, -0.05) is 42.5 Å². The van der Waals surface area contributed by atoms with E-state index in [1.54, 1.807) is 12.1 Å². The van der Waals surface area contributed by atoms with Gasteiger partial charge in [-0.3, -0.25) is 9.69 Å². The van der Waals surface area contributed by atoms with E-state index in [1.807, 2.05) is 18.2 Å². The van der Waals surface area contributed by atoms with Gasteiger partial charge in [-0.25, -0.2) is 4.39 Å². The van der Waals surface area contributed by atoms with Gasteiger partial charge < -0.3 is 5.32 Å². The monoisotopic (exact) mass is 298 g/mol. The molecule has 4 heteroatoms. The highest BCUT2D eigenvalue weighted by molar-refractivity contribution is 5.94. The maximum absolute atomic E-state index is 13.6. The van der Waals surface area contributed by atoms with Crippen LogP contribution in [0.2, 0.25) is 0 Å². The first kappa shape index (κ1) is 14.7. The standard InChI is InChI=1S/C18H19FN2O/c19-17-9-5-4-8-16(17)18(22)20-15-10-11-21(13-15)12-14-6-2-1-3-7-14/h1-9,15H,10-13H2,(H,20,22)/t15-/m0/s1. The van der Waals surface area contributed by atoms with Crippen LogP contribution in [0.3, 0.4) is 0 Å². The Morgan fingerprint density at radius 1 is 1.14 bits per heavy atom. The molecular formula is C18H19FN2O. The third-order valence-corrected chi connectivity index (χ3v) is 3.98. The van der Waals surface area contributed by atoms with Gasteiger partial charge in [-0.15, -0.1) is 0 Å². The highest BCUT2D eigenvalue weighted by Crippen LogP contribution is 2.14. The Labute approximate surface area is 129 Å². The quantitative estimate of drug-likeness (QED) is 0.941. The first-order chi connectivity index (χ1) is 10.7. The zero-order valence-electron chi connectivity index (χ0n) is 12.3. The second kappa shape index (κ2) is 6.71. The Kier molecular flexibility index (Phi) is 4.49. The second-order valence-corrected chi connectivity index (χ2v) is 5.66. The van der Waals surface area contributed by atoms with Crippen molar-refractivity contribution in [3.8, 4) is 0 Å². The summed E-state index contributed by atoms with van der Waals surface area (Å²) < 4.78 is 13.6. The Hall–Kier alpha value is -2.20. The second-order valence-electron chi connectivity index (χ2n) is 5.66. The van der Waals surface area contributed by atoms with E-state index in [4.69, 9.17) is 0 Å². The Bertz CT molecular complexity index is 645. The molecule has 114 valence electrons. The minimum absolute atomic E-state index is 0.0795. The van der Waals surface area contributed by atoms with Crippen LogP contribution in [-0.2, 0) is 6.54 Å². The van der Waals surface area contributed by atoms with Gasteiger partial charge in [-0.2, -0.15) is 0 Å². The molecular weight excluding hydrogens is 279 g/mol. The predicted octanol–water partition coefficient (Wildman–Crippen LogP) is 2.83. The smallest absolute Gasteiger partial charge is 0.254 e. The molecule has 1 amide bonds. The first-order valence-electron chi connectivity index (χ1n) is 7.54. The maximum atomic E-state index is 13.6. The molecule has 0 radical (unpaired) electrons. The van der Waals surface area contributed by atoms with Crippen LogP contribution < -0.4 is 5.32 Å². The fourth-order valence-electron chi connectivity index (χ4n) is 2.84. The summed E-state index contributed by atoms with van der Waals surface area (Å²) in [5.41, 5.74) is 1.38. The average molecular weight is 298 g/mol. The molecule has 1 N–H and O–H groups in total. The lowest BCUT2D eigenvalue weighted by Gasteiger charge is -2.17. The lowest BCUT2D eigenvalue weighted by atomic mass is 10.1. The zero-order chi connectivity index (χ0) is 15.4. The van der Waals surface area contributed by atoms with Crippen molar-refractivity contribution in [2.75, 3.05) is 13.1 Å². The maximum Gasteiger partial charge on any atom is 0.254 e. The van der Waals surface area contributed by atoms with Crippen molar-refractivity contribution in [2.45, 2.75) is 19.0 Å². The van der Waals surface area contributed by atoms with Crippen LogP contribution in [0.15, 0.2) is 54.6 Å². The number of carbonyl (C=O) groups is 1. The minimum atomic E-state index is -0.473. The molecule has 1 atom stereocenters. The molecule has 3 nitrogen and oxygen atoms in total. The van der Waals surface area contributed by atoms with E-state index >= 15 is 0 Å². The summed E-state index contributed by atoms with van der Waals surface area (Å²) in [5, 5.41) is 2.93. The molecule has 0 aromatic heterocycles. The van der Waals surface area contributed by atoms with E-state index in [0.29, 0.717) is 0 Å². The van der Waals surface area contributed by atoms with E-state index in [2.05, 4.69) is 22.3 Å². The number of benzene rings is 2. The molecule has 0 bridgehead atoms. The number of hydrogen-bond acceptors (Lipinski definition) is 2.